The van der Waals surface area contributed by atoms with Crippen molar-refractivity contribution in [2.45, 2.75) is 18.7 Å². The predicted molar refractivity (Wildman–Crippen MR) is 105 cm³/mol. The van der Waals surface area contributed by atoms with E-state index in [0.717, 1.165) is 16.8 Å². The maximum Gasteiger partial charge on any atom is 0.243 e. The molecule has 0 bridgehead atoms. The molecular weight excluding hydrogens is 372 g/mol. The third kappa shape index (κ3) is 3.68. The number of methoxy groups -OCH3 is 1. The van der Waals surface area contributed by atoms with Crippen LogP contribution in [0.1, 0.15) is 11.1 Å². The largest absolute Gasteiger partial charge is 0.497 e. The zero-order chi connectivity index (χ0) is 18.9. The summed E-state index contributed by atoms with van der Waals surface area (Å²) in [6.07, 6.45) is 0. The molecule has 3 rings (SSSR count). The van der Waals surface area contributed by atoms with Crippen molar-refractivity contribution in [3.05, 3.63) is 52.5 Å². The van der Waals surface area contributed by atoms with Crippen molar-refractivity contribution in [2.24, 2.45) is 0 Å². The first-order valence-corrected chi connectivity index (χ1v) is 10.3. The number of benzene rings is 2. The van der Waals surface area contributed by atoms with Crippen molar-refractivity contribution in [3.63, 3.8) is 0 Å². The van der Waals surface area contributed by atoms with E-state index in [1.807, 2.05) is 19.9 Å². The second kappa shape index (κ2) is 7.47. The minimum absolute atomic E-state index is 0.288. The number of anilines is 1. The van der Waals surface area contributed by atoms with E-state index in [1.165, 1.54) is 4.31 Å². The lowest BCUT2D eigenvalue weighted by atomic mass is 10.1. The molecule has 1 saturated heterocycles. The molecule has 0 amide bonds. The molecule has 0 aliphatic carbocycles. The van der Waals surface area contributed by atoms with Gasteiger partial charge in [-0.15, -0.1) is 0 Å². The Labute approximate surface area is 160 Å². The molecule has 1 aliphatic heterocycles. The summed E-state index contributed by atoms with van der Waals surface area (Å²) in [6.45, 7) is 6.13. The van der Waals surface area contributed by atoms with Gasteiger partial charge in [0, 0.05) is 26.2 Å². The number of rotatable bonds is 4. The molecule has 0 unspecified atom stereocenters. The Hall–Kier alpha value is -1.76. The summed E-state index contributed by atoms with van der Waals surface area (Å²) in [7, 11) is -1.95. The van der Waals surface area contributed by atoms with Crippen molar-refractivity contribution < 1.29 is 13.2 Å². The van der Waals surface area contributed by atoms with Gasteiger partial charge in [-0.3, -0.25) is 0 Å². The van der Waals surface area contributed by atoms with E-state index in [4.69, 9.17) is 16.3 Å². The molecule has 7 heteroatoms. The number of hydrogen-bond acceptors (Lipinski definition) is 4. The van der Waals surface area contributed by atoms with E-state index >= 15 is 0 Å². The lowest BCUT2D eigenvalue weighted by Crippen LogP contribution is -2.48. The van der Waals surface area contributed by atoms with Gasteiger partial charge in [0.1, 0.15) is 5.75 Å². The molecule has 0 saturated carbocycles. The van der Waals surface area contributed by atoms with Gasteiger partial charge in [-0.1, -0.05) is 17.7 Å². The van der Waals surface area contributed by atoms with E-state index in [9.17, 15) is 8.42 Å². The molecule has 5 nitrogen and oxygen atoms in total. The zero-order valence-electron chi connectivity index (χ0n) is 15.2. The second-order valence-electron chi connectivity index (χ2n) is 6.48. The number of halogens is 1. The molecule has 2 aromatic carbocycles. The quantitative estimate of drug-likeness (QED) is 0.796. The van der Waals surface area contributed by atoms with Gasteiger partial charge in [0.15, 0.2) is 0 Å². The van der Waals surface area contributed by atoms with Crippen LogP contribution in [0.25, 0.3) is 0 Å². The fourth-order valence-electron chi connectivity index (χ4n) is 3.36. The Morgan fingerprint density at radius 2 is 1.62 bits per heavy atom. The Bertz CT molecular complexity index is 866. The molecule has 26 heavy (non-hydrogen) atoms. The standard InChI is InChI=1S/C19H23ClN2O3S/c1-14-12-15(2)19(18(20)13-14)21-8-10-22(11-9-21)26(23,24)17-6-4-16(25-3)5-7-17/h4-7,12-13H,8-11H2,1-3H3. The molecular formula is C19H23ClN2O3S. The highest BCUT2D eigenvalue weighted by Crippen LogP contribution is 2.32. The summed E-state index contributed by atoms with van der Waals surface area (Å²) < 4.78 is 32.3. The molecule has 0 spiro atoms. The van der Waals surface area contributed by atoms with Gasteiger partial charge in [-0.2, -0.15) is 4.31 Å². The van der Waals surface area contributed by atoms with E-state index in [1.54, 1.807) is 31.4 Å². The number of piperazine rings is 1. The molecule has 0 atom stereocenters. The average Bonchev–Trinajstić information content (AvgIpc) is 2.61. The lowest BCUT2D eigenvalue weighted by molar-refractivity contribution is 0.384. The van der Waals surface area contributed by atoms with Gasteiger partial charge in [0.2, 0.25) is 10.0 Å². The second-order valence-corrected chi connectivity index (χ2v) is 8.82. The number of aryl methyl sites for hydroxylation is 2. The van der Waals surface area contributed by atoms with Gasteiger partial charge < -0.3 is 9.64 Å². The summed E-state index contributed by atoms with van der Waals surface area (Å²) in [5.41, 5.74) is 3.23. The normalized spacial score (nSPS) is 15.9. The van der Waals surface area contributed by atoms with Crippen molar-refractivity contribution in [1.82, 2.24) is 4.31 Å². The molecule has 1 aliphatic rings. The van der Waals surface area contributed by atoms with Crippen LogP contribution >= 0.6 is 11.6 Å². The van der Waals surface area contributed by atoms with Crippen molar-refractivity contribution in [1.29, 1.82) is 0 Å². The maximum absolute atomic E-state index is 12.8. The number of nitrogens with zero attached hydrogens (tertiary/aromatic N) is 2. The highest BCUT2D eigenvalue weighted by Gasteiger charge is 2.29. The number of ether oxygens (including phenoxy) is 1. The van der Waals surface area contributed by atoms with E-state index < -0.39 is 10.0 Å². The van der Waals surface area contributed by atoms with Crippen LogP contribution in [0.3, 0.4) is 0 Å². The SMILES string of the molecule is COc1ccc(S(=O)(=O)N2CCN(c3c(C)cc(C)cc3Cl)CC2)cc1. The number of hydrogen-bond donors (Lipinski definition) is 0. The molecule has 0 radical (unpaired) electrons. The first kappa shape index (κ1) is 19.0. The minimum atomic E-state index is -3.50. The summed E-state index contributed by atoms with van der Waals surface area (Å²) in [5, 5.41) is 0.717. The fraction of sp³-hybridized carbons (Fsp3) is 0.368. The third-order valence-corrected chi connectivity index (χ3v) is 6.85. The molecule has 140 valence electrons. The van der Waals surface area contributed by atoms with Crippen molar-refractivity contribution in [3.8, 4) is 5.75 Å². The van der Waals surface area contributed by atoms with Gasteiger partial charge in [-0.25, -0.2) is 8.42 Å². The lowest BCUT2D eigenvalue weighted by Gasteiger charge is -2.36. The molecule has 0 N–H and O–H groups in total. The zero-order valence-corrected chi connectivity index (χ0v) is 16.8. The van der Waals surface area contributed by atoms with Gasteiger partial charge >= 0.3 is 0 Å². The third-order valence-electron chi connectivity index (χ3n) is 4.65. The summed E-state index contributed by atoms with van der Waals surface area (Å²) in [4.78, 5) is 2.45. The Morgan fingerprint density at radius 3 is 2.15 bits per heavy atom. The van der Waals surface area contributed by atoms with E-state index in [-0.39, 0.29) is 4.90 Å². The van der Waals surface area contributed by atoms with E-state index in [0.29, 0.717) is 37.0 Å². The van der Waals surface area contributed by atoms with Crippen LogP contribution in [0.5, 0.6) is 5.75 Å². The maximum atomic E-state index is 12.8. The Balaban J connectivity index is 1.75. The average molecular weight is 395 g/mol. The smallest absolute Gasteiger partial charge is 0.243 e. The number of sulfonamides is 1. The van der Waals surface area contributed by atoms with Gasteiger partial charge in [0.25, 0.3) is 0 Å². The fourth-order valence-corrected chi connectivity index (χ4v) is 5.22. The topological polar surface area (TPSA) is 49.9 Å². The predicted octanol–water partition coefficient (Wildman–Crippen LogP) is 3.48. The van der Waals surface area contributed by atoms with Crippen molar-refractivity contribution >= 4 is 27.3 Å². The van der Waals surface area contributed by atoms with E-state index in [2.05, 4.69) is 11.0 Å². The van der Waals surface area contributed by atoms with Gasteiger partial charge in [0.05, 0.1) is 22.7 Å². The molecule has 2 aromatic rings. The molecule has 1 heterocycles. The minimum Gasteiger partial charge on any atom is -0.497 e. The van der Waals surface area contributed by atoms with Crippen LogP contribution in [-0.2, 0) is 10.0 Å². The summed E-state index contributed by atoms with van der Waals surface area (Å²) in [5.74, 6) is 0.637. The monoisotopic (exact) mass is 394 g/mol. The van der Waals surface area contributed by atoms with Crippen LogP contribution in [0, 0.1) is 13.8 Å². The van der Waals surface area contributed by atoms with Crippen LogP contribution in [-0.4, -0.2) is 46.0 Å². The molecule has 0 aromatic heterocycles. The molecule has 1 fully saturated rings. The van der Waals surface area contributed by atoms with Crippen LogP contribution < -0.4 is 9.64 Å². The van der Waals surface area contributed by atoms with Crippen molar-refractivity contribution in [2.75, 3.05) is 38.2 Å². The van der Waals surface area contributed by atoms with Crippen LogP contribution in [0.2, 0.25) is 5.02 Å². The highest BCUT2D eigenvalue weighted by atomic mass is 35.5. The summed E-state index contributed by atoms with van der Waals surface area (Å²) in [6, 6.07) is 10.5. The summed E-state index contributed by atoms with van der Waals surface area (Å²) >= 11 is 6.43. The van der Waals surface area contributed by atoms with Crippen LogP contribution in [0.4, 0.5) is 5.69 Å². The Morgan fingerprint density at radius 1 is 1.00 bits per heavy atom. The first-order valence-electron chi connectivity index (χ1n) is 8.49. The Kier molecular flexibility index (Phi) is 5.46. The highest BCUT2D eigenvalue weighted by molar-refractivity contribution is 7.89. The van der Waals surface area contributed by atoms with Gasteiger partial charge in [-0.05, 0) is 55.3 Å². The van der Waals surface area contributed by atoms with Crippen LogP contribution in [0.15, 0.2) is 41.3 Å². The first-order chi connectivity index (χ1) is 12.3.